The molecule has 37 heavy (non-hydrogen) atoms. The van der Waals surface area contributed by atoms with Gasteiger partial charge in [0.25, 0.3) is 0 Å². The number of hydrogen-bond acceptors (Lipinski definition) is 7. The maximum atomic E-state index is 13.2. The summed E-state index contributed by atoms with van der Waals surface area (Å²) in [6, 6.07) is 9.66. The SMILES string of the molecule is CSCC[C@H](NC(=O)[C@H](Cc1ccccc1)NC(=O)[C@@H](NCc1ncccc1O)C(C)C)C(=O)O.Cl.Cl. The quantitative estimate of drug-likeness (QED) is 0.232. The minimum Gasteiger partial charge on any atom is -0.506 e. The number of pyridine rings is 1. The molecule has 2 amide bonds. The van der Waals surface area contributed by atoms with Gasteiger partial charge in [0.1, 0.15) is 17.8 Å². The summed E-state index contributed by atoms with van der Waals surface area (Å²) in [6.45, 7) is 3.89. The maximum absolute atomic E-state index is 13.2. The van der Waals surface area contributed by atoms with Crippen molar-refractivity contribution in [2.45, 2.75) is 51.4 Å². The number of aromatic hydroxyl groups is 1. The Kier molecular flexibility index (Phi) is 16.6. The van der Waals surface area contributed by atoms with Crippen LogP contribution >= 0.6 is 36.6 Å². The third kappa shape index (κ3) is 11.6. The second-order valence-corrected chi connectivity index (χ2v) is 9.49. The molecule has 0 aliphatic heterocycles. The first-order chi connectivity index (χ1) is 16.7. The maximum Gasteiger partial charge on any atom is 0.326 e. The lowest BCUT2D eigenvalue weighted by molar-refractivity contribution is -0.142. The molecule has 12 heteroatoms. The van der Waals surface area contributed by atoms with Gasteiger partial charge in [0.15, 0.2) is 0 Å². The number of nitrogens with one attached hydrogen (secondary N) is 3. The summed E-state index contributed by atoms with van der Waals surface area (Å²) >= 11 is 1.49. The van der Waals surface area contributed by atoms with Gasteiger partial charge in [0, 0.05) is 19.2 Å². The van der Waals surface area contributed by atoms with Crippen molar-refractivity contribution in [3.8, 4) is 5.75 Å². The molecule has 0 fully saturated rings. The second kappa shape index (κ2) is 17.8. The molecule has 2 rings (SSSR count). The van der Waals surface area contributed by atoms with Crippen molar-refractivity contribution in [3.05, 3.63) is 59.9 Å². The first-order valence-corrected chi connectivity index (χ1v) is 12.8. The molecule has 0 saturated heterocycles. The lowest BCUT2D eigenvalue weighted by atomic mass is 10.0. The van der Waals surface area contributed by atoms with Crippen molar-refractivity contribution in [2.24, 2.45) is 5.92 Å². The number of hydrogen-bond donors (Lipinski definition) is 5. The number of thioether (sulfide) groups is 1. The van der Waals surface area contributed by atoms with E-state index in [-0.39, 0.29) is 55.9 Å². The van der Waals surface area contributed by atoms with Gasteiger partial charge in [-0.2, -0.15) is 11.8 Å². The second-order valence-electron chi connectivity index (χ2n) is 8.50. The summed E-state index contributed by atoms with van der Waals surface area (Å²) in [6.07, 6.45) is 3.90. The highest BCUT2D eigenvalue weighted by molar-refractivity contribution is 7.98. The fourth-order valence-electron chi connectivity index (χ4n) is 3.49. The third-order valence-electron chi connectivity index (χ3n) is 5.45. The fourth-order valence-corrected chi connectivity index (χ4v) is 3.96. The number of carboxylic acid groups (broad SMARTS) is 1. The number of aromatic nitrogens is 1. The van der Waals surface area contributed by atoms with E-state index in [1.807, 2.05) is 50.4 Å². The number of amides is 2. The zero-order valence-corrected chi connectivity index (χ0v) is 23.5. The molecule has 0 radical (unpaired) electrons. The van der Waals surface area contributed by atoms with Gasteiger partial charge in [-0.25, -0.2) is 4.79 Å². The summed E-state index contributed by atoms with van der Waals surface area (Å²) in [4.78, 5) is 42.1. The van der Waals surface area contributed by atoms with E-state index in [0.717, 1.165) is 5.56 Å². The van der Waals surface area contributed by atoms with Crippen LogP contribution in [0.2, 0.25) is 0 Å². The van der Waals surface area contributed by atoms with Crippen LogP contribution in [0.3, 0.4) is 0 Å². The highest BCUT2D eigenvalue weighted by atomic mass is 35.5. The van der Waals surface area contributed by atoms with Crippen molar-refractivity contribution in [3.63, 3.8) is 0 Å². The Balaban J connectivity index is 0.00000648. The minimum absolute atomic E-state index is 0. The van der Waals surface area contributed by atoms with Crippen LogP contribution in [0.15, 0.2) is 48.7 Å². The van der Waals surface area contributed by atoms with E-state index < -0.39 is 35.9 Å². The Hall–Kier alpha value is -2.53. The molecule has 0 aliphatic rings. The number of halogens is 2. The smallest absolute Gasteiger partial charge is 0.326 e. The third-order valence-corrected chi connectivity index (χ3v) is 6.09. The number of rotatable bonds is 14. The highest BCUT2D eigenvalue weighted by Crippen LogP contribution is 2.14. The lowest BCUT2D eigenvalue weighted by Gasteiger charge is -2.26. The molecule has 0 aliphatic carbocycles. The Morgan fingerprint density at radius 3 is 2.19 bits per heavy atom. The molecule has 5 N–H and O–H groups in total. The number of carbonyl (C=O) groups is 3. The molecule has 3 atom stereocenters. The van der Waals surface area contributed by atoms with E-state index in [1.165, 1.54) is 17.8 Å². The van der Waals surface area contributed by atoms with Crippen LogP contribution in [0, 0.1) is 5.92 Å². The van der Waals surface area contributed by atoms with Crippen molar-refractivity contribution in [1.82, 2.24) is 20.9 Å². The van der Waals surface area contributed by atoms with Crippen molar-refractivity contribution in [1.29, 1.82) is 0 Å². The van der Waals surface area contributed by atoms with Gasteiger partial charge in [0.05, 0.1) is 11.7 Å². The van der Waals surface area contributed by atoms with Gasteiger partial charge in [-0.15, -0.1) is 24.8 Å². The van der Waals surface area contributed by atoms with Gasteiger partial charge >= 0.3 is 5.97 Å². The molecule has 0 saturated carbocycles. The van der Waals surface area contributed by atoms with E-state index in [9.17, 15) is 24.6 Å². The van der Waals surface area contributed by atoms with Gasteiger partial charge in [-0.1, -0.05) is 44.2 Å². The Labute approximate surface area is 234 Å². The number of aliphatic carboxylic acids is 1. The number of nitrogens with zero attached hydrogens (tertiary/aromatic N) is 1. The van der Waals surface area contributed by atoms with E-state index in [1.54, 1.807) is 12.3 Å². The highest BCUT2D eigenvalue weighted by Gasteiger charge is 2.30. The molecule has 206 valence electrons. The molecular weight excluding hydrogens is 539 g/mol. The van der Waals surface area contributed by atoms with Crippen LogP contribution in [-0.4, -0.2) is 63.1 Å². The average Bonchev–Trinajstić information content (AvgIpc) is 2.82. The largest absolute Gasteiger partial charge is 0.506 e. The van der Waals surface area contributed by atoms with E-state index in [4.69, 9.17) is 0 Å². The van der Waals surface area contributed by atoms with Crippen LogP contribution in [0.4, 0.5) is 0 Å². The molecule has 9 nitrogen and oxygen atoms in total. The van der Waals surface area contributed by atoms with Crippen molar-refractivity contribution >= 4 is 54.4 Å². The van der Waals surface area contributed by atoms with Crippen LogP contribution in [0.1, 0.15) is 31.5 Å². The Bertz CT molecular complexity index is 985. The Morgan fingerprint density at radius 1 is 0.973 bits per heavy atom. The van der Waals surface area contributed by atoms with Gasteiger partial charge in [0.2, 0.25) is 11.8 Å². The summed E-state index contributed by atoms with van der Waals surface area (Å²) in [5.41, 5.74) is 1.24. The summed E-state index contributed by atoms with van der Waals surface area (Å²) in [5, 5.41) is 28.0. The first kappa shape index (κ1) is 34.5. The standard InChI is InChI=1S/C25H34N4O5S.2ClH/c1-16(2)22(27-15-20-21(30)10-7-12-26-20)24(32)29-19(14-17-8-5-4-6-9-17)23(31)28-18(25(33)34)11-13-35-3;;/h4-10,12,16,18-19,22,27,30H,11,13-15H2,1-3H3,(H,28,31)(H,29,32)(H,33,34);2*1H/t18-,19-,22-;;/m0../s1. The topological polar surface area (TPSA) is 141 Å². The van der Waals surface area contributed by atoms with Crippen molar-refractivity contribution < 1.29 is 24.6 Å². The van der Waals surface area contributed by atoms with Crippen LogP contribution in [0.5, 0.6) is 5.75 Å². The predicted octanol–water partition coefficient (Wildman–Crippen LogP) is 2.80. The summed E-state index contributed by atoms with van der Waals surface area (Å²) in [5.74, 6) is -1.60. The van der Waals surface area contributed by atoms with Crippen LogP contribution < -0.4 is 16.0 Å². The lowest BCUT2D eigenvalue weighted by Crippen LogP contribution is -2.56. The molecule has 1 aromatic heterocycles. The van der Waals surface area contributed by atoms with Crippen molar-refractivity contribution in [2.75, 3.05) is 12.0 Å². The molecule has 1 aromatic carbocycles. The summed E-state index contributed by atoms with van der Waals surface area (Å²) in [7, 11) is 0. The molecule has 2 aromatic rings. The summed E-state index contributed by atoms with van der Waals surface area (Å²) < 4.78 is 0. The monoisotopic (exact) mass is 574 g/mol. The number of carboxylic acids is 1. The molecule has 0 unspecified atom stereocenters. The molecular formula is C25H36Cl2N4O5S. The van der Waals surface area contributed by atoms with E-state index in [2.05, 4.69) is 20.9 Å². The normalized spacial score (nSPS) is 12.9. The van der Waals surface area contributed by atoms with E-state index >= 15 is 0 Å². The van der Waals surface area contributed by atoms with Gasteiger partial charge < -0.3 is 20.8 Å². The molecule has 0 bridgehead atoms. The van der Waals surface area contributed by atoms with E-state index in [0.29, 0.717) is 11.4 Å². The zero-order valence-electron chi connectivity index (χ0n) is 21.0. The fraction of sp³-hybridized carbons (Fsp3) is 0.440. The predicted molar refractivity (Wildman–Crippen MR) is 151 cm³/mol. The van der Waals surface area contributed by atoms with Crippen LogP contribution in [-0.2, 0) is 27.3 Å². The first-order valence-electron chi connectivity index (χ1n) is 11.5. The Morgan fingerprint density at radius 2 is 1.62 bits per heavy atom. The molecule has 0 spiro atoms. The van der Waals surface area contributed by atoms with Crippen LogP contribution in [0.25, 0.3) is 0 Å². The zero-order chi connectivity index (χ0) is 25.8. The minimum atomic E-state index is -1.12. The number of carbonyl (C=O) groups excluding carboxylic acids is 2. The average molecular weight is 576 g/mol. The molecule has 1 heterocycles. The number of benzene rings is 1. The van der Waals surface area contributed by atoms with Gasteiger partial charge in [-0.05, 0) is 42.0 Å². The van der Waals surface area contributed by atoms with Gasteiger partial charge in [-0.3, -0.25) is 19.9 Å².